The Bertz CT molecular complexity index is 329. The van der Waals surface area contributed by atoms with E-state index in [1.54, 1.807) is 11.3 Å². The van der Waals surface area contributed by atoms with Gasteiger partial charge in [0.15, 0.2) is 0 Å². The molecule has 4 heteroatoms. The Labute approximate surface area is 97.1 Å². The van der Waals surface area contributed by atoms with Gasteiger partial charge in [0.1, 0.15) is 6.04 Å². The van der Waals surface area contributed by atoms with Crippen LogP contribution in [0.25, 0.3) is 0 Å². The minimum absolute atomic E-state index is 0.195. The first-order valence-electron chi connectivity index (χ1n) is 4.57. The Balaban J connectivity index is 2.74. The molecule has 2 atom stereocenters. The fourth-order valence-corrected chi connectivity index (χ4v) is 2.69. The Morgan fingerprint density at radius 2 is 2.43 bits per heavy atom. The molecular weight excluding hydrogens is 260 g/mol. The molecule has 1 rings (SSSR count). The van der Waals surface area contributed by atoms with Gasteiger partial charge in [-0.1, -0.05) is 6.92 Å². The lowest BCUT2D eigenvalue weighted by atomic mass is 10.2. The molecule has 76 valence electrons. The van der Waals surface area contributed by atoms with E-state index in [1.165, 1.54) is 0 Å². The van der Waals surface area contributed by atoms with Crippen LogP contribution in [-0.4, -0.2) is 6.04 Å². The fraction of sp³-hybridized carbons (Fsp3) is 0.500. The first-order chi connectivity index (χ1) is 6.69. The zero-order valence-corrected chi connectivity index (χ0v) is 10.7. The van der Waals surface area contributed by atoms with Gasteiger partial charge in [0, 0.05) is 10.5 Å². The first-order valence-corrected chi connectivity index (χ1v) is 6.24. The van der Waals surface area contributed by atoms with E-state index in [-0.39, 0.29) is 6.04 Å². The number of rotatable bonds is 4. The molecule has 0 fully saturated rings. The summed E-state index contributed by atoms with van der Waals surface area (Å²) in [5.74, 6) is 0. The number of thiophene rings is 1. The number of nitrogens with one attached hydrogen (secondary N) is 1. The van der Waals surface area contributed by atoms with E-state index in [0.29, 0.717) is 6.04 Å². The van der Waals surface area contributed by atoms with Gasteiger partial charge < -0.3 is 0 Å². The van der Waals surface area contributed by atoms with Gasteiger partial charge in [-0.2, -0.15) is 5.26 Å². The monoisotopic (exact) mass is 272 g/mol. The normalized spacial score (nSPS) is 14.7. The summed E-state index contributed by atoms with van der Waals surface area (Å²) in [6.07, 6.45) is 1.03. The smallest absolute Gasteiger partial charge is 0.131 e. The summed E-state index contributed by atoms with van der Waals surface area (Å²) >= 11 is 5.04. The van der Waals surface area contributed by atoms with Gasteiger partial charge in [-0.05, 0) is 40.7 Å². The second-order valence-electron chi connectivity index (χ2n) is 3.17. The minimum atomic E-state index is -0.195. The first kappa shape index (κ1) is 11.7. The van der Waals surface area contributed by atoms with Crippen LogP contribution in [-0.2, 0) is 0 Å². The van der Waals surface area contributed by atoms with Crippen LogP contribution in [0.2, 0.25) is 0 Å². The summed E-state index contributed by atoms with van der Waals surface area (Å²) in [5, 5.41) is 14.3. The summed E-state index contributed by atoms with van der Waals surface area (Å²) < 4.78 is 1.02. The molecule has 1 N–H and O–H groups in total. The highest BCUT2D eigenvalue weighted by Crippen LogP contribution is 2.28. The van der Waals surface area contributed by atoms with Crippen LogP contribution in [0.3, 0.4) is 0 Å². The lowest BCUT2D eigenvalue weighted by molar-refractivity contribution is 0.504. The predicted molar refractivity (Wildman–Crippen MR) is 63.3 cm³/mol. The molecule has 0 spiro atoms. The Morgan fingerprint density at radius 3 is 2.86 bits per heavy atom. The van der Waals surface area contributed by atoms with Crippen molar-refractivity contribution in [3.8, 4) is 6.07 Å². The van der Waals surface area contributed by atoms with Crippen LogP contribution in [0, 0.1) is 11.3 Å². The second kappa shape index (κ2) is 5.50. The molecule has 0 aliphatic heterocycles. The molecule has 0 saturated heterocycles. The van der Waals surface area contributed by atoms with Gasteiger partial charge >= 0.3 is 0 Å². The third-order valence-electron chi connectivity index (χ3n) is 2.10. The third kappa shape index (κ3) is 2.81. The van der Waals surface area contributed by atoms with Crippen LogP contribution in [0.15, 0.2) is 15.9 Å². The summed E-state index contributed by atoms with van der Waals surface area (Å²) in [5.41, 5.74) is 0. The molecule has 1 heterocycles. The number of halogens is 1. The Kier molecular flexibility index (Phi) is 4.59. The highest BCUT2D eigenvalue weighted by atomic mass is 79.9. The van der Waals surface area contributed by atoms with E-state index in [2.05, 4.69) is 41.2 Å². The number of nitriles is 1. The molecule has 0 aromatic carbocycles. The largest absolute Gasteiger partial charge is 0.295 e. The molecule has 0 bridgehead atoms. The SMILES string of the molecule is CCC(C)NC(C#N)c1sccc1Br. The standard InChI is InChI=1S/C10H13BrN2S/c1-3-7(2)13-9(6-12)10-8(11)4-5-14-10/h4-5,7,9,13H,3H2,1-2H3. The van der Waals surface area contributed by atoms with Crippen molar-refractivity contribution in [1.82, 2.24) is 5.32 Å². The van der Waals surface area contributed by atoms with E-state index < -0.39 is 0 Å². The van der Waals surface area contributed by atoms with Crippen molar-refractivity contribution in [2.75, 3.05) is 0 Å². The van der Waals surface area contributed by atoms with E-state index in [0.717, 1.165) is 15.8 Å². The van der Waals surface area contributed by atoms with E-state index in [9.17, 15) is 0 Å². The van der Waals surface area contributed by atoms with Gasteiger partial charge in [-0.3, -0.25) is 5.32 Å². The van der Waals surface area contributed by atoms with Crippen molar-refractivity contribution in [1.29, 1.82) is 5.26 Å². The van der Waals surface area contributed by atoms with Gasteiger partial charge in [0.2, 0.25) is 0 Å². The highest BCUT2D eigenvalue weighted by molar-refractivity contribution is 9.10. The molecule has 0 aliphatic carbocycles. The van der Waals surface area contributed by atoms with E-state index in [4.69, 9.17) is 5.26 Å². The summed E-state index contributed by atoms with van der Waals surface area (Å²) in [7, 11) is 0. The van der Waals surface area contributed by atoms with Crippen molar-refractivity contribution in [3.05, 3.63) is 20.8 Å². The van der Waals surface area contributed by atoms with Gasteiger partial charge in [-0.25, -0.2) is 0 Å². The molecule has 14 heavy (non-hydrogen) atoms. The molecule has 0 amide bonds. The van der Waals surface area contributed by atoms with E-state index >= 15 is 0 Å². The van der Waals surface area contributed by atoms with Crippen LogP contribution in [0.1, 0.15) is 31.2 Å². The quantitative estimate of drug-likeness (QED) is 0.911. The lowest BCUT2D eigenvalue weighted by Gasteiger charge is -2.15. The lowest BCUT2D eigenvalue weighted by Crippen LogP contribution is -2.28. The third-order valence-corrected chi connectivity index (χ3v) is 4.04. The van der Waals surface area contributed by atoms with Gasteiger partial charge in [0.05, 0.1) is 10.9 Å². The molecular formula is C10H13BrN2S. The number of nitrogens with zero attached hydrogens (tertiary/aromatic N) is 1. The average Bonchev–Trinajstić information content (AvgIpc) is 2.60. The van der Waals surface area contributed by atoms with Crippen molar-refractivity contribution in [2.45, 2.75) is 32.4 Å². The van der Waals surface area contributed by atoms with Crippen molar-refractivity contribution in [2.24, 2.45) is 0 Å². The van der Waals surface area contributed by atoms with E-state index in [1.807, 2.05) is 11.4 Å². The second-order valence-corrected chi connectivity index (χ2v) is 4.97. The molecule has 0 aliphatic rings. The van der Waals surface area contributed by atoms with Gasteiger partial charge in [-0.15, -0.1) is 11.3 Å². The number of hydrogen-bond donors (Lipinski definition) is 1. The molecule has 0 saturated carbocycles. The predicted octanol–water partition coefficient (Wildman–Crippen LogP) is 3.46. The molecule has 1 aromatic heterocycles. The zero-order chi connectivity index (χ0) is 10.6. The fourth-order valence-electron chi connectivity index (χ4n) is 1.09. The summed E-state index contributed by atoms with van der Waals surface area (Å²) in [4.78, 5) is 1.06. The van der Waals surface area contributed by atoms with Crippen molar-refractivity contribution >= 4 is 27.3 Å². The van der Waals surface area contributed by atoms with Crippen LogP contribution in [0.4, 0.5) is 0 Å². The van der Waals surface area contributed by atoms with Crippen molar-refractivity contribution in [3.63, 3.8) is 0 Å². The van der Waals surface area contributed by atoms with Crippen LogP contribution >= 0.6 is 27.3 Å². The molecule has 2 unspecified atom stereocenters. The maximum atomic E-state index is 9.04. The maximum Gasteiger partial charge on any atom is 0.131 e. The van der Waals surface area contributed by atoms with Crippen molar-refractivity contribution < 1.29 is 0 Å². The zero-order valence-electron chi connectivity index (χ0n) is 8.25. The topological polar surface area (TPSA) is 35.8 Å². The maximum absolute atomic E-state index is 9.04. The van der Waals surface area contributed by atoms with Crippen LogP contribution in [0.5, 0.6) is 0 Å². The molecule has 0 radical (unpaired) electrons. The average molecular weight is 273 g/mol. The summed E-state index contributed by atoms with van der Waals surface area (Å²) in [6.45, 7) is 4.20. The molecule has 2 nitrogen and oxygen atoms in total. The number of hydrogen-bond acceptors (Lipinski definition) is 3. The summed E-state index contributed by atoms with van der Waals surface area (Å²) in [6, 6.07) is 4.43. The van der Waals surface area contributed by atoms with Crippen LogP contribution < -0.4 is 5.32 Å². The highest BCUT2D eigenvalue weighted by Gasteiger charge is 2.16. The molecule has 1 aromatic rings. The van der Waals surface area contributed by atoms with Gasteiger partial charge in [0.25, 0.3) is 0 Å². The Morgan fingerprint density at radius 1 is 1.71 bits per heavy atom. The minimum Gasteiger partial charge on any atom is -0.295 e. The Hall–Kier alpha value is -0.370.